The number of benzene rings is 2. The smallest absolute Gasteiger partial charge is 0.258 e. The number of alkyl halides is 2. The Hall–Kier alpha value is -3.55. The Bertz CT molecular complexity index is 1300. The minimum atomic E-state index is -2.61. The van der Waals surface area contributed by atoms with E-state index in [-0.39, 0.29) is 36.7 Å². The largest absolute Gasteiger partial charge is 0.489 e. The molecule has 31 heavy (non-hydrogen) atoms. The van der Waals surface area contributed by atoms with Crippen LogP contribution in [0.4, 0.5) is 13.2 Å². The number of nitrogens with zero attached hydrogens (tertiary/aromatic N) is 2. The monoisotopic (exact) mass is 425 g/mol. The summed E-state index contributed by atoms with van der Waals surface area (Å²) in [7, 11) is 0. The molecule has 1 N–H and O–H groups in total. The minimum Gasteiger partial charge on any atom is -0.489 e. The fourth-order valence-corrected chi connectivity index (χ4v) is 3.73. The van der Waals surface area contributed by atoms with Crippen molar-refractivity contribution in [3.8, 4) is 11.4 Å². The van der Waals surface area contributed by atoms with Crippen molar-refractivity contribution in [1.29, 1.82) is 0 Å². The van der Waals surface area contributed by atoms with E-state index in [0.29, 0.717) is 28.3 Å². The summed E-state index contributed by atoms with van der Waals surface area (Å²) in [4.78, 5) is 20.1. The van der Waals surface area contributed by atoms with Gasteiger partial charge in [-0.3, -0.25) is 9.36 Å². The van der Waals surface area contributed by atoms with Crippen molar-refractivity contribution < 1.29 is 17.9 Å². The molecule has 2 heterocycles. The summed E-state index contributed by atoms with van der Waals surface area (Å²) < 4.78 is 46.4. The summed E-state index contributed by atoms with van der Waals surface area (Å²) >= 11 is 0. The summed E-state index contributed by atoms with van der Waals surface area (Å²) in [5, 5.41) is 0. The van der Waals surface area contributed by atoms with Gasteiger partial charge < -0.3 is 9.72 Å². The lowest BCUT2D eigenvalue weighted by Gasteiger charge is -2.33. The van der Waals surface area contributed by atoms with Crippen LogP contribution in [0.25, 0.3) is 16.7 Å². The number of aromatic amines is 1. The predicted octanol–water partition coefficient (Wildman–Crippen LogP) is 4.94. The van der Waals surface area contributed by atoms with Crippen LogP contribution >= 0.6 is 0 Å². The van der Waals surface area contributed by atoms with Crippen LogP contribution in [-0.2, 0) is 6.61 Å². The molecule has 1 saturated carbocycles. The lowest BCUT2D eigenvalue weighted by atomic mass is 9.81. The Kier molecular flexibility index (Phi) is 4.57. The average molecular weight is 425 g/mol. The second kappa shape index (κ2) is 7.30. The molecule has 2 aromatic heterocycles. The Morgan fingerprint density at radius 1 is 1.10 bits per heavy atom. The number of hydrogen-bond acceptors (Lipinski definition) is 3. The molecule has 158 valence electrons. The molecule has 5 rings (SSSR count). The first-order valence-electron chi connectivity index (χ1n) is 9.84. The molecule has 0 radical (unpaired) electrons. The highest BCUT2D eigenvalue weighted by Gasteiger charge is 2.47. The van der Waals surface area contributed by atoms with Gasteiger partial charge in [-0.2, -0.15) is 0 Å². The molecule has 0 saturated heterocycles. The lowest BCUT2D eigenvalue weighted by molar-refractivity contribution is -0.0883. The third kappa shape index (κ3) is 3.93. The van der Waals surface area contributed by atoms with E-state index in [1.165, 1.54) is 22.8 Å². The van der Waals surface area contributed by atoms with E-state index >= 15 is 0 Å². The van der Waals surface area contributed by atoms with E-state index in [2.05, 4.69) is 9.97 Å². The molecule has 0 spiro atoms. The van der Waals surface area contributed by atoms with Gasteiger partial charge in [-0.1, -0.05) is 12.1 Å². The first kappa shape index (κ1) is 19.4. The van der Waals surface area contributed by atoms with Gasteiger partial charge in [0.05, 0.1) is 16.7 Å². The zero-order valence-corrected chi connectivity index (χ0v) is 16.3. The normalized spacial score (nSPS) is 15.7. The lowest BCUT2D eigenvalue weighted by Crippen LogP contribution is -2.34. The highest BCUT2D eigenvalue weighted by molar-refractivity contribution is 5.77. The SMILES string of the molecule is O=c1cc(OCc2ccc(F)cc2)ccn1-c1ccc2nc(C3CC(F)(F)C3)[nH]c2c1. The van der Waals surface area contributed by atoms with Gasteiger partial charge in [0.1, 0.15) is 24.0 Å². The number of hydrogen-bond donors (Lipinski definition) is 1. The van der Waals surface area contributed by atoms with Crippen LogP contribution in [0.2, 0.25) is 0 Å². The highest BCUT2D eigenvalue weighted by atomic mass is 19.3. The first-order chi connectivity index (χ1) is 14.9. The molecule has 1 aliphatic rings. The van der Waals surface area contributed by atoms with Crippen molar-refractivity contribution in [3.63, 3.8) is 0 Å². The molecular formula is C23H18F3N3O2. The summed E-state index contributed by atoms with van der Waals surface area (Å²) in [6.07, 6.45) is 1.21. The number of rotatable bonds is 5. The van der Waals surface area contributed by atoms with Crippen molar-refractivity contribution in [3.05, 3.63) is 88.4 Å². The third-order valence-corrected chi connectivity index (χ3v) is 5.45. The topological polar surface area (TPSA) is 59.9 Å². The minimum absolute atomic E-state index is 0.196. The highest BCUT2D eigenvalue weighted by Crippen LogP contribution is 2.47. The van der Waals surface area contributed by atoms with Gasteiger partial charge in [-0.15, -0.1) is 0 Å². The van der Waals surface area contributed by atoms with E-state index in [0.717, 1.165) is 5.56 Å². The second-order valence-corrected chi connectivity index (χ2v) is 7.77. The molecule has 0 bridgehead atoms. The Morgan fingerprint density at radius 3 is 2.58 bits per heavy atom. The van der Waals surface area contributed by atoms with E-state index in [4.69, 9.17) is 4.74 Å². The van der Waals surface area contributed by atoms with Crippen LogP contribution in [0.15, 0.2) is 65.6 Å². The number of aromatic nitrogens is 3. The van der Waals surface area contributed by atoms with E-state index in [9.17, 15) is 18.0 Å². The van der Waals surface area contributed by atoms with Gasteiger partial charge in [-0.25, -0.2) is 18.2 Å². The maximum atomic E-state index is 13.2. The second-order valence-electron chi connectivity index (χ2n) is 7.77. The number of pyridine rings is 1. The molecule has 1 aliphatic carbocycles. The van der Waals surface area contributed by atoms with Crippen LogP contribution in [0, 0.1) is 5.82 Å². The fourth-order valence-electron chi connectivity index (χ4n) is 3.73. The zero-order valence-electron chi connectivity index (χ0n) is 16.3. The van der Waals surface area contributed by atoms with E-state index in [1.807, 2.05) is 0 Å². The molecule has 0 unspecified atom stereocenters. The van der Waals surface area contributed by atoms with Gasteiger partial charge in [0.25, 0.3) is 5.56 Å². The predicted molar refractivity (Wildman–Crippen MR) is 109 cm³/mol. The Balaban J connectivity index is 1.34. The maximum Gasteiger partial charge on any atom is 0.258 e. The summed E-state index contributed by atoms with van der Waals surface area (Å²) in [5.74, 6) is -2.25. The molecule has 4 aromatic rings. The number of H-pyrrole nitrogens is 1. The van der Waals surface area contributed by atoms with Crippen molar-refractivity contribution in [2.24, 2.45) is 0 Å². The van der Waals surface area contributed by atoms with Crippen molar-refractivity contribution in [2.75, 3.05) is 0 Å². The number of ether oxygens (including phenoxy) is 1. The number of fused-ring (bicyclic) bond motifs is 1. The van der Waals surface area contributed by atoms with E-state index < -0.39 is 5.92 Å². The van der Waals surface area contributed by atoms with Crippen molar-refractivity contribution in [1.82, 2.24) is 14.5 Å². The molecule has 5 nitrogen and oxygen atoms in total. The van der Waals surface area contributed by atoms with Crippen molar-refractivity contribution in [2.45, 2.75) is 31.3 Å². The van der Waals surface area contributed by atoms with Gasteiger partial charge in [0.15, 0.2) is 0 Å². The van der Waals surface area contributed by atoms with Crippen molar-refractivity contribution >= 4 is 11.0 Å². The van der Waals surface area contributed by atoms with Crippen LogP contribution in [0.3, 0.4) is 0 Å². The van der Waals surface area contributed by atoms with Gasteiger partial charge in [-0.05, 0) is 42.0 Å². The third-order valence-electron chi connectivity index (χ3n) is 5.45. The molecule has 1 fully saturated rings. The van der Waals surface area contributed by atoms with E-state index in [1.54, 1.807) is 42.6 Å². The van der Waals surface area contributed by atoms with Crippen LogP contribution < -0.4 is 10.3 Å². The molecule has 0 amide bonds. The summed E-state index contributed by atoms with van der Waals surface area (Å²) in [5.41, 5.74) is 2.48. The molecule has 0 atom stereocenters. The van der Waals surface area contributed by atoms with Gasteiger partial charge >= 0.3 is 0 Å². The molecular weight excluding hydrogens is 407 g/mol. The summed E-state index contributed by atoms with van der Waals surface area (Å²) in [6.45, 7) is 0.215. The molecule has 2 aromatic carbocycles. The number of nitrogens with one attached hydrogen (secondary N) is 1. The molecule has 0 aliphatic heterocycles. The first-order valence-corrected chi connectivity index (χ1v) is 9.84. The van der Waals surface area contributed by atoms with Gasteiger partial charge in [0, 0.05) is 31.0 Å². The summed E-state index contributed by atoms with van der Waals surface area (Å²) in [6, 6.07) is 14.3. The Morgan fingerprint density at radius 2 is 1.87 bits per heavy atom. The number of halogens is 3. The standard InChI is InChI=1S/C23H18F3N3O2/c24-16-3-1-14(2-4-16)13-31-18-7-8-29(21(30)10-18)17-5-6-19-20(9-17)28-22(27-19)15-11-23(25,26)12-15/h1-10,15H,11-13H2,(H,27,28). The quantitative estimate of drug-likeness (QED) is 0.493. The molecule has 8 heteroatoms. The van der Waals surface area contributed by atoms with Gasteiger partial charge in [0.2, 0.25) is 5.92 Å². The zero-order chi connectivity index (χ0) is 21.6. The average Bonchev–Trinajstić information content (AvgIpc) is 3.14. The van der Waals surface area contributed by atoms with Crippen LogP contribution in [0.1, 0.15) is 30.1 Å². The fraction of sp³-hybridized carbons (Fsp3) is 0.217. The van der Waals surface area contributed by atoms with Crippen LogP contribution in [-0.4, -0.2) is 20.5 Å². The Labute approximate surface area is 175 Å². The maximum absolute atomic E-state index is 13.2. The number of imidazole rings is 1. The van der Waals surface area contributed by atoms with Crippen LogP contribution in [0.5, 0.6) is 5.75 Å².